The topological polar surface area (TPSA) is 45.2 Å². The fourth-order valence-electron chi connectivity index (χ4n) is 1.32. The van der Waals surface area contributed by atoms with Crippen molar-refractivity contribution in [1.82, 2.24) is 10.3 Å². The lowest BCUT2D eigenvalue weighted by atomic mass is 10.4. The van der Waals surface area contributed by atoms with Crippen LogP contribution in [0.5, 0.6) is 0 Å². The molecule has 0 radical (unpaired) electrons. The highest BCUT2D eigenvalue weighted by Crippen LogP contribution is 2.11. The summed E-state index contributed by atoms with van der Waals surface area (Å²) < 4.78 is 0. The quantitative estimate of drug-likeness (QED) is 0.922. The van der Waals surface area contributed by atoms with Crippen molar-refractivity contribution in [3.63, 3.8) is 0 Å². The van der Waals surface area contributed by atoms with Gasteiger partial charge in [0.05, 0.1) is 12.1 Å². The molecule has 0 unspecified atom stereocenters. The van der Waals surface area contributed by atoms with E-state index in [-0.39, 0.29) is 18.3 Å². The predicted octanol–water partition coefficient (Wildman–Crippen LogP) is 2.38. The maximum Gasteiger partial charge on any atom is 0.241 e. The van der Waals surface area contributed by atoms with Crippen molar-refractivity contribution in [1.29, 1.82) is 0 Å². The molecule has 4 nitrogen and oxygen atoms in total. The lowest BCUT2D eigenvalue weighted by molar-refractivity contribution is -0.117. The fourth-order valence-corrected chi connectivity index (χ4v) is 2.57. The monoisotopic (exact) mass is 303 g/mol. The maximum atomic E-state index is 11.8. The Morgan fingerprint density at radius 1 is 1.56 bits per heavy atom. The minimum absolute atomic E-state index is 0. The maximum absolute atomic E-state index is 11.8. The summed E-state index contributed by atoms with van der Waals surface area (Å²) in [7, 11) is 1.74. The van der Waals surface area contributed by atoms with Crippen LogP contribution in [-0.4, -0.2) is 24.5 Å². The molecule has 0 fully saturated rings. The van der Waals surface area contributed by atoms with Crippen LogP contribution in [0.15, 0.2) is 28.4 Å². The summed E-state index contributed by atoms with van der Waals surface area (Å²) in [4.78, 5) is 18.7. The molecule has 0 spiro atoms. The molecule has 98 valence electrons. The molecular formula is C11H14ClN3OS2. The molecule has 1 N–H and O–H groups in total. The lowest BCUT2D eigenvalue weighted by Gasteiger charge is -2.14. The van der Waals surface area contributed by atoms with Crippen molar-refractivity contribution in [3.8, 4) is 0 Å². The van der Waals surface area contributed by atoms with Gasteiger partial charge in [-0.25, -0.2) is 4.98 Å². The predicted molar refractivity (Wildman–Crippen MR) is 78.8 cm³/mol. The number of nitrogens with zero attached hydrogens (tertiary/aromatic N) is 2. The van der Waals surface area contributed by atoms with E-state index in [0.717, 1.165) is 6.54 Å². The highest BCUT2D eigenvalue weighted by molar-refractivity contribution is 7.09. The second kappa shape index (κ2) is 7.48. The third kappa shape index (κ3) is 4.06. The largest absolute Gasteiger partial charge is 0.303 e. The van der Waals surface area contributed by atoms with Crippen LogP contribution >= 0.6 is 35.1 Å². The van der Waals surface area contributed by atoms with Crippen LogP contribution in [0.25, 0.3) is 0 Å². The van der Waals surface area contributed by atoms with E-state index in [1.165, 1.54) is 16.2 Å². The van der Waals surface area contributed by atoms with E-state index in [0.29, 0.717) is 12.4 Å². The van der Waals surface area contributed by atoms with Crippen LogP contribution in [0.2, 0.25) is 0 Å². The number of amides is 1. The zero-order valence-electron chi connectivity index (χ0n) is 9.83. The first-order valence-electron chi connectivity index (χ1n) is 5.15. The number of rotatable bonds is 5. The number of likely N-dealkylation sites (N-methyl/N-ethyl adjacent to an activating group) is 1. The van der Waals surface area contributed by atoms with Crippen molar-refractivity contribution in [3.05, 3.63) is 33.3 Å². The third-order valence-electron chi connectivity index (χ3n) is 2.29. The normalized spacial score (nSPS) is 9.83. The zero-order chi connectivity index (χ0) is 12.1. The fraction of sp³-hybridized carbons (Fsp3) is 0.273. The van der Waals surface area contributed by atoms with Gasteiger partial charge < -0.3 is 5.32 Å². The molecule has 0 aliphatic heterocycles. The molecule has 2 aromatic rings. The number of hydrogen-bond donors (Lipinski definition) is 1. The van der Waals surface area contributed by atoms with Crippen molar-refractivity contribution >= 4 is 46.8 Å². The first-order valence-corrected chi connectivity index (χ1v) is 6.97. The van der Waals surface area contributed by atoms with Gasteiger partial charge in [0.15, 0.2) is 0 Å². The Bertz CT molecular complexity index is 459. The number of carbonyl (C=O) groups is 1. The summed E-state index contributed by atoms with van der Waals surface area (Å²) in [5, 5.41) is 7.01. The summed E-state index contributed by atoms with van der Waals surface area (Å²) >= 11 is 3.17. The zero-order valence-corrected chi connectivity index (χ0v) is 12.3. The lowest BCUT2D eigenvalue weighted by Crippen LogP contribution is -2.35. The number of thiophene rings is 1. The third-order valence-corrected chi connectivity index (χ3v) is 3.74. The van der Waals surface area contributed by atoms with Gasteiger partial charge in [0, 0.05) is 23.8 Å². The van der Waals surface area contributed by atoms with E-state index >= 15 is 0 Å². The number of anilines is 1. The van der Waals surface area contributed by atoms with Gasteiger partial charge in [-0.05, 0) is 11.4 Å². The second-order valence-electron chi connectivity index (χ2n) is 3.48. The summed E-state index contributed by atoms with van der Waals surface area (Å²) in [6, 6.07) is 4.05. The average molecular weight is 304 g/mol. The number of nitrogens with one attached hydrogen (secondary N) is 1. The van der Waals surface area contributed by atoms with E-state index in [2.05, 4.69) is 10.3 Å². The number of aromatic nitrogens is 1. The Morgan fingerprint density at radius 3 is 3.00 bits per heavy atom. The van der Waals surface area contributed by atoms with E-state index in [1.807, 2.05) is 22.9 Å². The molecule has 0 aliphatic rings. The van der Waals surface area contributed by atoms with Crippen LogP contribution in [0.3, 0.4) is 0 Å². The summed E-state index contributed by atoms with van der Waals surface area (Å²) in [5.41, 5.74) is 1.72. The van der Waals surface area contributed by atoms with Crippen LogP contribution in [0.1, 0.15) is 4.88 Å². The molecule has 7 heteroatoms. The molecule has 0 saturated heterocycles. The van der Waals surface area contributed by atoms with Gasteiger partial charge in [0.2, 0.25) is 5.91 Å². The van der Waals surface area contributed by atoms with Gasteiger partial charge in [-0.1, -0.05) is 6.07 Å². The molecule has 2 aromatic heterocycles. The van der Waals surface area contributed by atoms with Gasteiger partial charge in [-0.15, -0.1) is 35.1 Å². The Morgan fingerprint density at radius 2 is 2.39 bits per heavy atom. The molecule has 1 amide bonds. The van der Waals surface area contributed by atoms with E-state index < -0.39 is 0 Å². The summed E-state index contributed by atoms with van der Waals surface area (Å²) in [6.45, 7) is 1.06. The molecule has 0 atom stereocenters. The number of halogens is 1. The van der Waals surface area contributed by atoms with E-state index in [1.54, 1.807) is 28.8 Å². The average Bonchev–Trinajstić information content (AvgIpc) is 3.00. The minimum Gasteiger partial charge on any atom is -0.303 e. The van der Waals surface area contributed by atoms with Gasteiger partial charge in [0.25, 0.3) is 0 Å². The number of carbonyl (C=O) groups excluding carboxylic acids is 1. The standard InChI is InChI=1S/C11H13N3OS2.ClH/c1-14(10-7-16-8-13-10)11(15)6-12-5-9-3-2-4-17-9;/h2-4,7-8,12H,5-6H2,1H3;1H. The van der Waals surface area contributed by atoms with Crippen molar-refractivity contribution in [2.45, 2.75) is 6.54 Å². The molecule has 0 aliphatic carbocycles. The van der Waals surface area contributed by atoms with E-state index in [9.17, 15) is 4.79 Å². The van der Waals surface area contributed by atoms with Gasteiger partial charge in [-0.3, -0.25) is 9.69 Å². The molecule has 18 heavy (non-hydrogen) atoms. The highest BCUT2D eigenvalue weighted by Gasteiger charge is 2.11. The van der Waals surface area contributed by atoms with Crippen molar-refractivity contribution in [2.24, 2.45) is 0 Å². The van der Waals surface area contributed by atoms with E-state index in [4.69, 9.17) is 0 Å². The minimum atomic E-state index is 0. The van der Waals surface area contributed by atoms with Crippen LogP contribution in [0.4, 0.5) is 5.82 Å². The Kier molecular flexibility index (Phi) is 6.28. The van der Waals surface area contributed by atoms with Crippen LogP contribution in [0, 0.1) is 0 Å². The molecule has 2 heterocycles. The smallest absolute Gasteiger partial charge is 0.241 e. The first-order chi connectivity index (χ1) is 8.27. The Balaban J connectivity index is 0.00000162. The molecular weight excluding hydrogens is 290 g/mol. The molecule has 0 bridgehead atoms. The summed E-state index contributed by atoms with van der Waals surface area (Å²) in [6.07, 6.45) is 0. The second-order valence-corrected chi connectivity index (χ2v) is 5.23. The van der Waals surface area contributed by atoms with Crippen LogP contribution < -0.4 is 10.2 Å². The van der Waals surface area contributed by atoms with Crippen LogP contribution in [-0.2, 0) is 11.3 Å². The van der Waals surface area contributed by atoms with Gasteiger partial charge in [0.1, 0.15) is 5.82 Å². The molecule has 0 aromatic carbocycles. The summed E-state index contributed by atoms with van der Waals surface area (Å²) in [5.74, 6) is 0.727. The van der Waals surface area contributed by atoms with Crippen molar-refractivity contribution in [2.75, 3.05) is 18.5 Å². The highest BCUT2D eigenvalue weighted by atomic mass is 35.5. The SMILES string of the molecule is CN(C(=O)CNCc1cccs1)c1cscn1.Cl. The number of hydrogen-bond acceptors (Lipinski definition) is 5. The Labute approximate surface area is 120 Å². The van der Waals surface area contributed by atoms with Gasteiger partial charge >= 0.3 is 0 Å². The van der Waals surface area contributed by atoms with Crippen molar-refractivity contribution < 1.29 is 4.79 Å². The molecule has 0 saturated carbocycles. The number of thiazole rings is 1. The molecule has 2 rings (SSSR count). The first kappa shape index (κ1) is 15.1. The Hall–Kier alpha value is -0.950. The van der Waals surface area contributed by atoms with Gasteiger partial charge in [-0.2, -0.15) is 0 Å².